The van der Waals surface area contributed by atoms with Gasteiger partial charge in [-0.3, -0.25) is 0 Å². The van der Waals surface area contributed by atoms with Crippen LogP contribution in [-0.4, -0.2) is 35.1 Å². The number of benzene rings is 3. The van der Waals surface area contributed by atoms with Crippen LogP contribution in [0.25, 0.3) is 0 Å². The van der Waals surface area contributed by atoms with Gasteiger partial charge >= 0.3 is 0 Å². The van der Waals surface area contributed by atoms with Crippen LogP contribution in [0, 0.1) is 0 Å². The molecule has 3 aromatic carbocycles. The Morgan fingerprint density at radius 1 is 0.500 bits per heavy atom. The number of aliphatic hydroxyl groups excluding tert-OH is 3. The van der Waals surface area contributed by atoms with Crippen LogP contribution in [0.1, 0.15) is 52.9 Å². The van der Waals surface area contributed by atoms with E-state index in [0.29, 0.717) is 19.3 Å². The molecule has 32 heavy (non-hydrogen) atoms. The lowest BCUT2D eigenvalue weighted by Crippen LogP contribution is -2.18. The van der Waals surface area contributed by atoms with E-state index in [1.165, 1.54) is 0 Å². The Kier molecular flexibility index (Phi) is 9.25. The minimum atomic E-state index is -3.25. The van der Waals surface area contributed by atoms with Crippen LogP contribution in [-0.2, 0) is 4.57 Å². The van der Waals surface area contributed by atoms with Gasteiger partial charge in [0.1, 0.15) is 7.14 Å². The second kappa shape index (κ2) is 12.1. The van der Waals surface area contributed by atoms with E-state index in [2.05, 4.69) is 0 Å². The van der Waals surface area contributed by atoms with Gasteiger partial charge in [0.25, 0.3) is 0 Å². The molecule has 0 amide bonds. The third-order valence-corrected chi connectivity index (χ3v) is 10.8. The molecular formula is C27H33O4P. The molecule has 0 aliphatic rings. The average molecular weight is 453 g/mol. The van der Waals surface area contributed by atoms with Crippen LogP contribution >= 0.6 is 7.14 Å². The van der Waals surface area contributed by atoms with Crippen molar-refractivity contribution in [2.75, 3.05) is 19.8 Å². The molecule has 0 saturated heterocycles. The summed E-state index contributed by atoms with van der Waals surface area (Å²) < 4.78 is 15.6. The van der Waals surface area contributed by atoms with Crippen molar-refractivity contribution in [3.05, 3.63) is 108 Å². The van der Waals surface area contributed by atoms with Crippen molar-refractivity contribution in [1.29, 1.82) is 0 Å². The van der Waals surface area contributed by atoms with Gasteiger partial charge in [-0.1, -0.05) is 91.0 Å². The average Bonchev–Trinajstić information content (AvgIpc) is 2.85. The third-order valence-electron chi connectivity index (χ3n) is 6.22. The van der Waals surface area contributed by atoms with Crippen LogP contribution in [0.5, 0.6) is 0 Å². The monoisotopic (exact) mass is 452 g/mol. The van der Waals surface area contributed by atoms with Crippen molar-refractivity contribution in [3.8, 4) is 0 Å². The molecule has 0 saturated carbocycles. The molecule has 3 atom stereocenters. The van der Waals surface area contributed by atoms with E-state index in [0.717, 1.165) is 16.7 Å². The minimum absolute atomic E-state index is 0.0924. The maximum atomic E-state index is 15.6. The van der Waals surface area contributed by atoms with E-state index >= 15 is 4.57 Å². The van der Waals surface area contributed by atoms with Crippen molar-refractivity contribution in [2.45, 2.75) is 36.2 Å². The van der Waals surface area contributed by atoms with E-state index in [9.17, 15) is 15.3 Å². The maximum absolute atomic E-state index is 15.6. The standard InChI is InChI=1S/C27H33O4P/c28-19-16-25(22-10-4-1-5-11-22)32(31,26(17-20-29)23-12-6-2-7-13-23)27(18-21-30)24-14-8-3-9-15-24/h1-15,25-30H,16-21H2. The van der Waals surface area contributed by atoms with E-state index in [1.54, 1.807) is 0 Å². The lowest BCUT2D eigenvalue weighted by atomic mass is 10.1. The number of rotatable bonds is 12. The topological polar surface area (TPSA) is 77.8 Å². The van der Waals surface area contributed by atoms with E-state index < -0.39 is 24.1 Å². The second-order valence-corrected chi connectivity index (χ2v) is 11.5. The van der Waals surface area contributed by atoms with Crippen molar-refractivity contribution < 1.29 is 19.9 Å². The number of hydrogen-bond acceptors (Lipinski definition) is 4. The highest BCUT2D eigenvalue weighted by molar-refractivity contribution is 7.65. The van der Waals surface area contributed by atoms with Crippen molar-refractivity contribution in [1.82, 2.24) is 0 Å². The van der Waals surface area contributed by atoms with Crippen LogP contribution < -0.4 is 0 Å². The predicted octanol–water partition coefficient (Wildman–Crippen LogP) is 5.72. The fourth-order valence-corrected chi connectivity index (χ4v) is 9.62. The lowest BCUT2D eigenvalue weighted by molar-refractivity contribution is 0.275. The summed E-state index contributed by atoms with van der Waals surface area (Å²) in [6.45, 7) is -0.277. The van der Waals surface area contributed by atoms with Gasteiger partial charge in [-0.2, -0.15) is 0 Å². The fraction of sp³-hybridized carbons (Fsp3) is 0.333. The summed E-state index contributed by atoms with van der Waals surface area (Å²) in [4.78, 5) is 0. The molecule has 0 spiro atoms. The third kappa shape index (κ3) is 5.39. The Balaban J connectivity index is 2.28. The summed E-state index contributed by atoms with van der Waals surface area (Å²) in [7, 11) is -3.25. The Hall–Kier alpha value is -2.23. The fourth-order valence-electron chi connectivity index (χ4n) is 4.85. The first-order valence-corrected chi connectivity index (χ1v) is 13.1. The van der Waals surface area contributed by atoms with Gasteiger partial charge in [0.05, 0.1) is 0 Å². The Morgan fingerprint density at radius 3 is 0.969 bits per heavy atom. The van der Waals surface area contributed by atoms with Crippen molar-refractivity contribution in [3.63, 3.8) is 0 Å². The maximum Gasteiger partial charge on any atom is 0.109 e. The zero-order valence-electron chi connectivity index (χ0n) is 18.3. The molecule has 0 radical (unpaired) electrons. The Bertz CT molecular complexity index is 836. The number of aliphatic hydroxyl groups is 3. The molecule has 0 fully saturated rings. The van der Waals surface area contributed by atoms with Gasteiger partial charge < -0.3 is 19.9 Å². The highest BCUT2D eigenvalue weighted by atomic mass is 31.2. The van der Waals surface area contributed by atoms with E-state index in [-0.39, 0.29) is 19.8 Å². The van der Waals surface area contributed by atoms with Crippen LogP contribution in [0.3, 0.4) is 0 Å². The van der Waals surface area contributed by atoms with E-state index in [1.807, 2.05) is 91.0 Å². The SMILES string of the molecule is O=P(C(CCO)c1ccccc1)(C(CCO)c1ccccc1)C(CCO)c1ccccc1. The van der Waals surface area contributed by atoms with Gasteiger partial charge in [0.15, 0.2) is 0 Å². The Labute approximate surface area is 191 Å². The first kappa shape index (κ1) is 24.4. The number of hydrogen-bond donors (Lipinski definition) is 3. The highest BCUT2D eigenvalue weighted by Crippen LogP contribution is 2.78. The molecule has 0 heterocycles. The molecule has 0 aliphatic carbocycles. The predicted molar refractivity (Wildman–Crippen MR) is 130 cm³/mol. The van der Waals surface area contributed by atoms with Crippen molar-refractivity contribution in [2.24, 2.45) is 0 Å². The van der Waals surface area contributed by atoms with Gasteiger partial charge in [0.2, 0.25) is 0 Å². The summed E-state index contributed by atoms with van der Waals surface area (Å²) in [5.74, 6) is 0. The molecule has 3 aromatic rings. The quantitative estimate of drug-likeness (QED) is 0.307. The Morgan fingerprint density at radius 2 is 0.750 bits per heavy atom. The van der Waals surface area contributed by atoms with Crippen LogP contribution in [0.15, 0.2) is 91.0 Å². The summed E-state index contributed by atoms with van der Waals surface area (Å²) in [6.07, 6.45) is 1.06. The summed E-state index contributed by atoms with van der Waals surface area (Å²) >= 11 is 0. The van der Waals surface area contributed by atoms with Crippen LogP contribution in [0.2, 0.25) is 0 Å². The summed E-state index contributed by atoms with van der Waals surface area (Å²) in [5, 5.41) is 30.0. The van der Waals surface area contributed by atoms with Crippen LogP contribution in [0.4, 0.5) is 0 Å². The van der Waals surface area contributed by atoms with E-state index in [4.69, 9.17) is 0 Å². The van der Waals surface area contributed by atoms with Gasteiger partial charge in [0, 0.05) is 36.8 Å². The zero-order chi connectivity index (χ0) is 22.8. The molecule has 170 valence electrons. The molecule has 0 bridgehead atoms. The zero-order valence-corrected chi connectivity index (χ0v) is 19.2. The van der Waals surface area contributed by atoms with Crippen molar-refractivity contribution >= 4 is 7.14 Å². The first-order chi connectivity index (χ1) is 15.7. The molecule has 4 nitrogen and oxygen atoms in total. The second-order valence-electron chi connectivity index (χ2n) is 8.08. The minimum Gasteiger partial charge on any atom is -0.396 e. The molecule has 0 aromatic heterocycles. The van der Waals surface area contributed by atoms with Gasteiger partial charge in [-0.15, -0.1) is 0 Å². The largest absolute Gasteiger partial charge is 0.396 e. The lowest BCUT2D eigenvalue weighted by Gasteiger charge is -2.40. The highest BCUT2D eigenvalue weighted by Gasteiger charge is 2.47. The molecule has 3 rings (SSSR count). The molecule has 0 aliphatic heterocycles. The molecule has 5 heteroatoms. The smallest absolute Gasteiger partial charge is 0.109 e. The van der Waals surface area contributed by atoms with Gasteiger partial charge in [-0.05, 0) is 36.0 Å². The summed E-state index contributed by atoms with van der Waals surface area (Å²) in [6, 6.07) is 29.1. The first-order valence-electron chi connectivity index (χ1n) is 11.2. The van der Waals surface area contributed by atoms with Gasteiger partial charge in [-0.25, -0.2) is 0 Å². The summed E-state index contributed by atoms with van der Waals surface area (Å²) in [5.41, 5.74) is 1.56. The molecule has 3 unspecified atom stereocenters. The molecule has 3 N–H and O–H groups in total. The molecular weight excluding hydrogens is 419 g/mol. The normalized spacial score (nSPS) is 16.1.